The predicted octanol–water partition coefficient (Wildman–Crippen LogP) is 5.76. The van der Waals surface area contributed by atoms with E-state index in [4.69, 9.17) is 5.11 Å². The molecule has 0 fully saturated rings. The predicted molar refractivity (Wildman–Crippen MR) is 102 cm³/mol. The van der Waals surface area contributed by atoms with Gasteiger partial charge in [-0.1, -0.05) is 18.2 Å². The molecular formula is C19H35O2P. The van der Waals surface area contributed by atoms with Crippen molar-refractivity contribution < 1.29 is 9.90 Å². The van der Waals surface area contributed by atoms with Crippen LogP contribution in [0.25, 0.3) is 0 Å². The topological polar surface area (TPSA) is 37.3 Å². The monoisotopic (exact) mass is 326 g/mol. The number of rotatable bonds is 9. The molecule has 0 aliphatic heterocycles. The number of carboxylic acids is 1. The number of hydrogen-bond acceptors (Lipinski definition) is 1. The van der Waals surface area contributed by atoms with Crippen molar-refractivity contribution in [3.05, 3.63) is 35.9 Å². The minimum absolute atomic E-state index is 0.331. The first-order chi connectivity index (χ1) is 10.5. The molecule has 2 nitrogen and oxygen atoms in total. The second kappa shape index (κ2) is 12.6. The van der Waals surface area contributed by atoms with E-state index in [9.17, 15) is 4.79 Å². The van der Waals surface area contributed by atoms with E-state index in [1.807, 2.05) is 0 Å². The van der Waals surface area contributed by atoms with Gasteiger partial charge in [0.15, 0.2) is 0 Å². The van der Waals surface area contributed by atoms with Gasteiger partial charge in [-0.25, -0.2) is 4.79 Å². The van der Waals surface area contributed by atoms with Gasteiger partial charge in [0.1, 0.15) is 0 Å². The Hall–Kier alpha value is -0.880. The number of benzene rings is 1. The molecule has 0 heterocycles. The molecular weight excluding hydrogens is 291 g/mol. The Morgan fingerprint density at radius 2 is 1.18 bits per heavy atom. The first kappa shape index (κ1) is 21.1. The first-order valence-electron chi connectivity index (χ1n) is 8.83. The number of aromatic carboxylic acids is 1. The van der Waals surface area contributed by atoms with Crippen LogP contribution in [0.5, 0.6) is 0 Å². The summed E-state index contributed by atoms with van der Waals surface area (Å²) >= 11 is 0. The van der Waals surface area contributed by atoms with Crippen molar-refractivity contribution in [3.63, 3.8) is 0 Å². The zero-order valence-corrected chi connectivity index (χ0v) is 15.9. The summed E-state index contributed by atoms with van der Waals surface area (Å²) < 4.78 is 0. The molecule has 0 radical (unpaired) electrons. The molecule has 1 aromatic rings. The Morgan fingerprint density at radius 1 is 0.818 bits per heavy atom. The molecule has 0 amide bonds. The van der Waals surface area contributed by atoms with E-state index in [0.29, 0.717) is 5.56 Å². The molecule has 0 saturated carbocycles. The van der Waals surface area contributed by atoms with Gasteiger partial charge in [0.2, 0.25) is 0 Å². The minimum atomic E-state index is -0.879. The van der Waals surface area contributed by atoms with Gasteiger partial charge < -0.3 is 5.11 Å². The molecule has 1 aromatic carbocycles. The van der Waals surface area contributed by atoms with E-state index >= 15 is 0 Å². The largest absolute Gasteiger partial charge is 0.478 e. The van der Waals surface area contributed by atoms with Gasteiger partial charge in [-0.2, -0.15) is 0 Å². The molecule has 0 saturated heterocycles. The smallest absolute Gasteiger partial charge is 0.335 e. The Morgan fingerprint density at radius 3 is 1.41 bits per heavy atom. The summed E-state index contributed by atoms with van der Waals surface area (Å²) in [5.74, 6) is -0.879. The number of carbonyl (C=O) groups is 1. The zero-order chi connectivity index (χ0) is 16.8. The maximum absolute atomic E-state index is 10.2. The second-order valence-electron chi connectivity index (χ2n) is 6.17. The summed E-state index contributed by atoms with van der Waals surface area (Å²) in [5, 5.41) is 8.38. The molecule has 1 rings (SSSR count). The van der Waals surface area contributed by atoms with Crippen molar-refractivity contribution in [1.82, 2.24) is 0 Å². The van der Waals surface area contributed by atoms with Gasteiger partial charge in [0.05, 0.1) is 5.56 Å². The average molecular weight is 326 g/mol. The number of hydrogen-bond donors (Lipinski definition) is 1. The first-order valence-corrected chi connectivity index (χ1v) is 11.7. The molecule has 0 spiro atoms. The molecule has 0 aliphatic carbocycles. The van der Waals surface area contributed by atoms with Crippen molar-refractivity contribution in [2.24, 2.45) is 0 Å². The summed E-state index contributed by atoms with van der Waals surface area (Å²) in [4.78, 5) is 10.2. The van der Waals surface area contributed by atoms with Crippen LogP contribution in [-0.4, -0.2) is 35.7 Å². The van der Waals surface area contributed by atoms with Crippen LogP contribution in [0.4, 0.5) is 0 Å². The quantitative estimate of drug-likeness (QED) is 0.586. The third kappa shape index (κ3) is 8.54. The standard InChI is InChI=1S/C12H29P.C7H6O2/c1-5-9-13(10-6-2,11-7-3)12-8-4;8-7(9)6-4-2-1-3-5-6/h13H,5-12H2,1-4H3;1-5H,(H,8,9). The molecule has 0 aliphatic rings. The Bertz CT molecular complexity index is 360. The van der Waals surface area contributed by atoms with Crippen LogP contribution in [0, 0.1) is 0 Å². The molecule has 0 bridgehead atoms. The van der Waals surface area contributed by atoms with Crippen LogP contribution < -0.4 is 0 Å². The fourth-order valence-electron chi connectivity index (χ4n) is 3.45. The van der Waals surface area contributed by atoms with E-state index in [1.54, 1.807) is 55.0 Å². The Kier molecular flexibility index (Phi) is 12.1. The van der Waals surface area contributed by atoms with E-state index in [2.05, 4.69) is 27.7 Å². The van der Waals surface area contributed by atoms with E-state index in [-0.39, 0.29) is 0 Å². The van der Waals surface area contributed by atoms with Gasteiger partial charge in [0.25, 0.3) is 0 Å². The van der Waals surface area contributed by atoms with Gasteiger partial charge in [-0.3, -0.25) is 0 Å². The molecule has 128 valence electrons. The second-order valence-corrected chi connectivity index (χ2v) is 11.2. The number of carboxylic acid groups (broad SMARTS) is 1. The minimum Gasteiger partial charge on any atom is -0.478 e. The third-order valence-electron chi connectivity index (χ3n) is 4.14. The molecule has 0 aromatic heterocycles. The van der Waals surface area contributed by atoms with Crippen LogP contribution in [0.2, 0.25) is 0 Å². The summed E-state index contributed by atoms with van der Waals surface area (Å²) in [6.07, 6.45) is 12.0. The Labute approximate surface area is 137 Å². The van der Waals surface area contributed by atoms with Crippen LogP contribution in [0.3, 0.4) is 0 Å². The normalized spacial score (nSPS) is 11.5. The van der Waals surface area contributed by atoms with Crippen LogP contribution in [-0.2, 0) is 0 Å². The third-order valence-corrected chi connectivity index (χ3v) is 10.4. The van der Waals surface area contributed by atoms with E-state index in [1.165, 1.54) is 25.7 Å². The molecule has 22 heavy (non-hydrogen) atoms. The molecule has 1 N–H and O–H groups in total. The van der Waals surface area contributed by atoms with E-state index < -0.39 is 13.2 Å². The summed E-state index contributed by atoms with van der Waals surface area (Å²) in [7, 11) is -0.796. The maximum atomic E-state index is 10.2. The summed E-state index contributed by atoms with van der Waals surface area (Å²) in [5.41, 5.74) is 0.331. The zero-order valence-electron chi connectivity index (χ0n) is 14.9. The van der Waals surface area contributed by atoms with Gasteiger partial charge in [0, 0.05) is 0 Å². The fraction of sp³-hybridized carbons (Fsp3) is 0.632. The molecule has 0 unspecified atom stereocenters. The average Bonchev–Trinajstić information content (AvgIpc) is 2.50. The van der Waals surface area contributed by atoms with Crippen molar-refractivity contribution in [3.8, 4) is 0 Å². The SMILES string of the molecule is CCC[PH](CCC)(CCC)CCC.O=C(O)c1ccccc1. The Balaban J connectivity index is 0.000000425. The van der Waals surface area contributed by atoms with Crippen molar-refractivity contribution in [1.29, 1.82) is 0 Å². The van der Waals surface area contributed by atoms with Gasteiger partial charge in [-0.15, -0.1) is 0 Å². The maximum Gasteiger partial charge on any atom is 0.335 e. The molecule has 0 atom stereocenters. The van der Waals surface area contributed by atoms with Gasteiger partial charge in [-0.05, 0) is 12.1 Å². The van der Waals surface area contributed by atoms with E-state index in [0.717, 1.165) is 0 Å². The van der Waals surface area contributed by atoms with Gasteiger partial charge >= 0.3 is 91.3 Å². The van der Waals surface area contributed by atoms with Crippen molar-refractivity contribution in [2.45, 2.75) is 53.4 Å². The van der Waals surface area contributed by atoms with Crippen LogP contribution in [0.1, 0.15) is 63.7 Å². The van der Waals surface area contributed by atoms with Crippen LogP contribution in [0.15, 0.2) is 30.3 Å². The van der Waals surface area contributed by atoms with Crippen LogP contribution >= 0.6 is 7.26 Å². The fourth-order valence-corrected chi connectivity index (χ4v) is 9.19. The summed E-state index contributed by atoms with van der Waals surface area (Å²) in [6, 6.07) is 8.30. The van der Waals surface area contributed by atoms with Crippen molar-refractivity contribution >= 4 is 13.2 Å². The molecule has 3 heteroatoms. The summed E-state index contributed by atoms with van der Waals surface area (Å²) in [6.45, 7) is 9.46. The van der Waals surface area contributed by atoms with Crippen molar-refractivity contribution in [2.75, 3.05) is 24.6 Å².